The first kappa shape index (κ1) is 13.1. The van der Waals surface area contributed by atoms with Gasteiger partial charge in [-0.05, 0) is 34.1 Å². The summed E-state index contributed by atoms with van der Waals surface area (Å²) < 4.78 is 5.42. The number of esters is 1. The van der Waals surface area contributed by atoms with Crippen LogP contribution < -0.4 is 0 Å². The van der Waals surface area contributed by atoms with Crippen LogP contribution >= 0.6 is 27.7 Å². The van der Waals surface area contributed by atoms with Crippen LogP contribution in [0.2, 0.25) is 0 Å². The summed E-state index contributed by atoms with van der Waals surface area (Å²) in [6, 6.07) is 7.45. The molecule has 0 N–H and O–H groups in total. The van der Waals surface area contributed by atoms with Gasteiger partial charge in [0.15, 0.2) is 0 Å². The summed E-state index contributed by atoms with van der Waals surface area (Å²) in [5.41, 5.74) is 0.615. The fraction of sp³-hybridized carbons (Fsp3) is 0.273. The van der Waals surface area contributed by atoms with E-state index in [2.05, 4.69) is 26.7 Å². The van der Waals surface area contributed by atoms with Gasteiger partial charge in [0, 0.05) is 15.1 Å². The highest BCUT2D eigenvalue weighted by molar-refractivity contribution is 9.10. The molecule has 0 aromatic heterocycles. The number of benzene rings is 1. The maximum Gasteiger partial charge on any atom is 0.306 e. The Morgan fingerprint density at radius 3 is 2.94 bits per heavy atom. The number of methoxy groups -OCH3 is 1. The van der Waals surface area contributed by atoms with Crippen molar-refractivity contribution in [3.8, 4) is 6.07 Å². The summed E-state index contributed by atoms with van der Waals surface area (Å²) >= 11 is 4.94. The van der Waals surface area contributed by atoms with E-state index in [-0.39, 0.29) is 5.97 Å². The van der Waals surface area contributed by atoms with Gasteiger partial charge in [-0.25, -0.2) is 0 Å². The van der Waals surface area contributed by atoms with Crippen molar-refractivity contribution in [1.82, 2.24) is 0 Å². The molecular formula is C11H10BrNO2S. The molecule has 0 bridgehead atoms. The van der Waals surface area contributed by atoms with E-state index in [1.54, 1.807) is 23.9 Å². The summed E-state index contributed by atoms with van der Waals surface area (Å²) in [5, 5.41) is 8.69. The number of hydrogen-bond acceptors (Lipinski definition) is 4. The van der Waals surface area contributed by atoms with Gasteiger partial charge in [0.2, 0.25) is 0 Å². The average molecular weight is 300 g/mol. The van der Waals surface area contributed by atoms with Crippen molar-refractivity contribution in [3.63, 3.8) is 0 Å². The van der Waals surface area contributed by atoms with Crippen molar-refractivity contribution in [2.75, 3.05) is 12.9 Å². The molecule has 0 heterocycles. The lowest BCUT2D eigenvalue weighted by molar-refractivity contribution is -0.140. The number of thioether (sulfide) groups is 1. The van der Waals surface area contributed by atoms with Crippen LogP contribution in [0.1, 0.15) is 12.0 Å². The average Bonchev–Trinajstić information content (AvgIpc) is 2.30. The van der Waals surface area contributed by atoms with Crippen LogP contribution in [0.25, 0.3) is 0 Å². The summed E-state index contributed by atoms with van der Waals surface area (Å²) in [4.78, 5) is 11.9. The molecule has 0 aliphatic carbocycles. The minimum Gasteiger partial charge on any atom is -0.469 e. The fourth-order valence-corrected chi connectivity index (χ4v) is 2.61. The Balaban J connectivity index is 2.55. The van der Waals surface area contributed by atoms with Gasteiger partial charge in [-0.2, -0.15) is 5.26 Å². The quantitative estimate of drug-likeness (QED) is 0.633. The second-order valence-electron chi connectivity index (χ2n) is 2.93. The largest absolute Gasteiger partial charge is 0.469 e. The van der Waals surface area contributed by atoms with Gasteiger partial charge in [0.25, 0.3) is 0 Å². The predicted octanol–water partition coefficient (Wildman–Crippen LogP) is 2.98. The molecule has 0 fully saturated rings. The Morgan fingerprint density at radius 2 is 2.38 bits per heavy atom. The van der Waals surface area contributed by atoms with E-state index < -0.39 is 0 Å². The van der Waals surface area contributed by atoms with Crippen molar-refractivity contribution < 1.29 is 9.53 Å². The number of hydrogen-bond donors (Lipinski definition) is 0. The summed E-state index contributed by atoms with van der Waals surface area (Å²) in [6.45, 7) is 0. The summed E-state index contributed by atoms with van der Waals surface area (Å²) in [5.74, 6) is 0.453. The Hall–Kier alpha value is -0.990. The van der Waals surface area contributed by atoms with Crippen molar-refractivity contribution in [1.29, 1.82) is 5.26 Å². The van der Waals surface area contributed by atoms with Gasteiger partial charge in [0.05, 0.1) is 25.2 Å². The topological polar surface area (TPSA) is 50.1 Å². The molecule has 16 heavy (non-hydrogen) atoms. The predicted molar refractivity (Wildman–Crippen MR) is 66.2 cm³/mol. The molecule has 1 aromatic rings. The molecule has 0 amide bonds. The molecule has 0 aliphatic heterocycles. The third kappa shape index (κ3) is 3.87. The van der Waals surface area contributed by atoms with E-state index in [4.69, 9.17) is 5.26 Å². The van der Waals surface area contributed by atoms with Crippen molar-refractivity contribution in [2.24, 2.45) is 0 Å². The van der Waals surface area contributed by atoms with Crippen molar-refractivity contribution in [3.05, 3.63) is 28.2 Å². The van der Waals surface area contributed by atoms with E-state index in [1.165, 1.54) is 7.11 Å². The highest BCUT2D eigenvalue weighted by Gasteiger charge is 2.04. The van der Waals surface area contributed by atoms with Gasteiger partial charge in [-0.3, -0.25) is 4.79 Å². The van der Waals surface area contributed by atoms with E-state index >= 15 is 0 Å². The minimum atomic E-state index is -0.211. The highest BCUT2D eigenvalue weighted by Crippen LogP contribution is 2.28. The molecular weight excluding hydrogens is 290 g/mol. The van der Waals surface area contributed by atoms with Crippen LogP contribution in [0.5, 0.6) is 0 Å². The normalized spacial score (nSPS) is 9.56. The number of carbonyl (C=O) groups excluding carboxylic acids is 1. The molecule has 1 aromatic carbocycles. The van der Waals surface area contributed by atoms with E-state index in [9.17, 15) is 4.79 Å². The lowest BCUT2D eigenvalue weighted by Crippen LogP contribution is -2.00. The lowest BCUT2D eigenvalue weighted by atomic mass is 10.2. The van der Waals surface area contributed by atoms with E-state index in [0.29, 0.717) is 17.7 Å². The molecule has 84 valence electrons. The zero-order valence-corrected chi connectivity index (χ0v) is 11.1. The van der Waals surface area contributed by atoms with Crippen LogP contribution in [-0.4, -0.2) is 18.8 Å². The van der Waals surface area contributed by atoms with Crippen LogP contribution in [0.3, 0.4) is 0 Å². The van der Waals surface area contributed by atoms with Crippen LogP contribution in [-0.2, 0) is 9.53 Å². The molecule has 0 aliphatic rings. The zero-order valence-electron chi connectivity index (χ0n) is 8.70. The van der Waals surface area contributed by atoms with Gasteiger partial charge in [-0.1, -0.05) is 0 Å². The molecule has 0 saturated heterocycles. The minimum absolute atomic E-state index is 0.211. The number of carbonyl (C=O) groups is 1. The van der Waals surface area contributed by atoms with Gasteiger partial charge in [0.1, 0.15) is 0 Å². The first-order valence-corrected chi connectivity index (χ1v) is 6.34. The fourth-order valence-electron chi connectivity index (χ4n) is 1.03. The Kier molecular flexibility index (Phi) is 5.36. The molecule has 5 heteroatoms. The Bertz CT molecular complexity index is 428. The van der Waals surface area contributed by atoms with Gasteiger partial charge >= 0.3 is 5.97 Å². The van der Waals surface area contributed by atoms with Gasteiger partial charge < -0.3 is 4.74 Å². The smallest absolute Gasteiger partial charge is 0.306 e. The van der Waals surface area contributed by atoms with Crippen LogP contribution in [0.4, 0.5) is 0 Å². The van der Waals surface area contributed by atoms with Crippen molar-refractivity contribution >= 4 is 33.7 Å². The maximum absolute atomic E-state index is 10.9. The Morgan fingerprint density at radius 1 is 1.62 bits per heavy atom. The van der Waals surface area contributed by atoms with Crippen molar-refractivity contribution in [2.45, 2.75) is 11.3 Å². The number of nitriles is 1. The molecule has 1 rings (SSSR count). The molecule has 0 radical (unpaired) electrons. The van der Waals surface area contributed by atoms with E-state index in [0.717, 1.165) is 9.37 Å². The van der Waals surface area contributed by atoms with E-state index in [1.807, 2.05) is 6.07 Å². The van der Waals surface area contributed by atoms with Crippen LogP contribution in [0.15, 0.2) is 27.6 Å². The molecule has 0 spiro atoms. The van der Waals surface area contributed by atoms with Gasteiger partial charge in [-0.15, -0.1) is 11.8 Å². The number of ether oxygens (including phenoxy) is 1. The zero-order chi connectivity index (χ0) is 12.0. The SMILES string of the molecule is COC(=O)CCSc1ccc(C#N)cc1Br. The monoisotopic (exact) mass is 299 g/mol. The first-order chi connectivity index (χ1) is 7.67. The first-order valence-electron chi connectivity index (χ1n) is 4.56. The number of halogens is 1. The second-order valence-corrected chi connectivity index (χ2v) is 4.92. The molecule has 0 saturated carbocycles. The molecule has 0 atom stereocenters. The summed E-state index contributed by atoms with van der Waals surface area (Å²) in [7, 11) is 1.38. The molecule has 3 nitrogen and oxygen atoms in total. The highest BCUT2D eigenvalue weighted by atomic mass is 79.9. The standard InChI is InChI=1S/C11H10BrNO2S/c1-15-11(14)4-5-16-10-3-2-8(7-13)6-9(10)12/h2-3,6H,4-5H2,1H3. The second kappa shape index (κ2) is 6.56. The number of rotatable bonds is 4. The molecule has 0 unspecified atom stereocenters. The third-order valence-electron chi connectivity index (χ3n) is 1.85. The number of nitrogens with zero attached hydrogens (tertiary/aromatic N) is 1. The maximum atomic E-state index is 10.9. The van der Waals surface area contributed by atoms with Crippen LogP contribution in [0, 0.1) is 11.3 Å². The third-order valence-corrected chi connectivity index (χ3v) is 3.85. The lowest BCUT2D eigenvalue weighted by Gasteiger charge is -2.03. The Labute approximate surface area is 107 Å². The summed E-state index contributed by atoms with van der Waals surface area (Å²) in [6.07, 6.45) is 0.383.